The molecule has 0 saturated heterocycles. The van der Waals surface area contributed by atoms with Gasteiger partial charge in [-0.3, -0.25) is 0 Å². The van der Waals surface area contributed by atoms with E-state index in [0.717, 1.165) is 0 Å². The molecule has 0 spiro atoms. The molecule has 0 saturated carbocycles. The average molecular weight is 909 g/mol. The van der Waals surface area contributed by atoms with Gasteiger partial charge in [-0.25, -0.2) is 0 Å². The maximum Gasteiger partial charge on any atom is -0.00201 e. The highest BCUT2D eigenvalue weighted by molar-refractivity contribution is 6.36. The summed E-state index contributed by atoms with van der Waals surface area (Å²) in [5, 5.41) is 31.4. The van der Waals surface area contributed by atoms with Crippen molar-refractivity contribution in [3.05, 3.63) is 267 Å². The van der Waals surface area contributed by atoms with Gasteiger partial charge >= 0.3 is 0 Å². The van der Waals surface area contributed by atoms with E-state index in [0.29, 0.717) is 0 Å². The second kappa shape index (κ2) is 16.1. The zero-order valence-corrected chi connectivity index (χ0v) is 39.4. The van der Waals surface area contributed by atoms with Crippen molar-refractivity contribution in [2.75, 3.05) is 0 Å². The van der Waals surface area contributed by atoms with Crippen molar-refractivity contribution in [2.45, 2.75) is 0 Å². The summed E-state index contributed by atoms with van der Waals surface area (Å²) >= 11 is 0. The minimum Gasteiger partial charge on any atom is -0.0622 e. The van der Waals surface area contributed by atoms with E-state index in [4.69, 9.17) is 0 Å². The fourth-order valence-electron chi connectivity index (χ4n) is 12.4. The first-order valence-corrected chi connectivity index (χ1v) is 25.1. The van der Waals surface area contributed by atoms with E-state index in [2.05, 4.69) is 267 Å². The summed E-state index contributed by atoms with van der Waals surface area (Å²) in [6, 6.07) is 98.2. The van der Waals surface area contributed by atoms with Crippen LogP contribution in [0.25, 0.3) is 152 Å². The summed E-state index contributed by atoms with van der Waals surface area (Å²) < 4.78 is 0. The van der Waals surface area contributed by atoms with Gasteiger partial charge in [-0.1, -0.05) is 231 Å². The molecule has 0 atom stereocenters. The van der Waals surface area contributed by atoms with Crippen molar-refractivity contribution in [1.29, 1.82) is 0 Å². The fraction of sp³-hybridized carbons (Fsp3) is 0. The van der Waals surface area contributed by atoms with Crippen LogP contribution in [0.2, 0.25) is 0 Å². The van der Waals surface area contributed by atoms with Gasteiger partial charge in [0.1, 0.15) is 0 Å². The molecule has 16 aromatic carbocycles. The summed E-state index contributed by atoms with van der Waals surface area (Å²) in [6.07, 6.45) is 0. The van der Waals surface area contributed by atoms with Gasteiger partial charge in [0.05, 0.1) is 0 Å². The largest absolute Gasteiger partial charge is 0.0622 e. The van der Waals surface area contributed by atoms with Crippen LogP contribution >= 0.6 is 0 Å². The van der Waals surface area contributed by atoms with Gasteiger partial charge in [-0.15, -0.1) is 0 Å². The van der Waals surface area contributed by atoms with E-state index in [1.54, 1.807) is 0 Å². The van der Waals surface area contributed by atoms with Crippen molar-refractivity contribution >= 4 is 129 Å². The van der Waals surface area contributed by atoms with Gasteiger partial charge in [0.15, 0.2) is 0 Å². The maximum absolute atomic E-state index is 2.49. The highest BCUT2D eigenvalue weighted by atomic mass is 14.2. The zero-order chi connectivity index (χ0) is 47.3. The minimum absolute atomic E-state index is 1.24. The lowest BCUT2D eigenvalue weighted by molar-refractivity contribution is 1.66. The van der Waals surface area contributed by atoms with Crippen LogP contribution in [-0.2, 0) is 0 Å². The number of hydrogen-bond donors (Lipinski definition) is 0. The second-order valence-corrected chi connectivity index (χ2v) is 19.4. The molecule has 0 aromatic heterocycles. The smallest absolute Gasteiger partial charge is 0.00201 e. The molecule has 16 rings (SSSR count). The first-order chi connectivity index (χ1) is 35.7. The molecular weight excluding hydrogens is 865 g/mol. The number of benzene rings is 16. The van der Waals surface area contributed by atoms with Crippen LogP contribution in [0.15, 0.2) is 267 Å². The van der Waals surface area contributed by atoms with E-state index in [-0.39, 0.29) is 0 Å². The van der Waals surface area contributed by atoms with E-state index >= 15 is 0 Å². The summed E-state index contributed by atoms with van der Waals surface area (Å²) in [6.45, 7) is 0. The molecule has 16 aromatic rings. The quantitative estimate of drug-likeness (QED) is 0.120. The summed E-state index contributed by atoms with van der Waals surface area (Å²) in [5.74, 6) is 0. The molecule has 0 bridgehead atoms. The van der Waals surface area contributed by atoms with Crippen molar-refractivity contribution in [3.8, 4) is 22.3 Å². The Kier molecular flexibility index (Phi) is 9.06. The molecule has 0 heteroatoms. The van der Waals surface area contributed by atoms with Gasteiger partial charge in [-0.2, -0.15) is 0 Å². The van der Waals surface area contributed by atoms with Crippen molar-refractivity contribution in [1.82, 2.24) is 0 Å². The third-order valence-electron chi connectivity index (χ3n) is 15.5. The molecule has 0 amide bonds. The van der Waals surface area contributed by atoms with Crippen LogP contribution in [0.1, 0.15) is 0 Å². The zero-order valence-electron chi connectivity index (χ0n) is 39.4. The van der Waals surface area contributed by atoms with Gasteiger partial charge < -0.3 is 0 Å². The predicted molar refractivity (Wildman–Crippen MR) is 314 cm³/mol. The maximum atomic E-state index is 2.49. The van der Waals surface area contributed by atoms with Gasteiger partial charge in [0.25, 0.3) is 0 Å². The standard InChI is InChI=1S/C42H26.C30H18/c1-3-14-28(15-4-1)40-33-21-11-12-22-34(33)41(29-16-5-2-6-17-29)39-26-37-36(25-38(39)40)32-20-10-9-19-31(32)35-24-23-27-13-7-8-18-30(27)42(35)37;1-2-9-21-16-23-18-29-28(17-22(23)15-20(21)8-1)26-12-6-5-11-25(26)27-14-13-19-7-3-4-10-24(19)30(27)29/h1-26H;1-18H. The molecule has 0 fully saturated rings. The van der Waals surface area contributed by atoms with Crippen LogP contribution in [0.4, 0.5) is 0 Å². The van der Waals surface area contributed by atoms with Gasteiger partial charge in [0.2, 0.25) is 0 Å². The van der Waals surface area contributed by atoms with E-state index in [1.165, 1.54) is 152 Å². The SMILES string of the molecule is c1ccc(-c2c3ccccc3c(-c3ccccc3)c3cc4c(cc23)c2ccccc2c2ccc3ccccc3c24)cc1.c1ccc2cc3cc4c(cc3cc2c1)c1ccccc1c1ccc2ccccc2c14. The Bertz CT molecular complexity index is 4880. The first kappa shape index (κ1) is 40.5. The minimum atomic E-state index is 1.24. The summed E-state index contributed by atoms with van der Waals surface area (Å²) in [4.78, 5) is 0. The van der Waals surface area contributed by atoms with Crippen LogP contribution in [-0.4, -0.2) is 0 Å². The van der Waals surface area contributed by atoms with Crippen molar-refractivity contribution in [2.24, 2.45) is 0 Å². The Balaban J connectivity index is 0.000000136. The van der Waals surface area contributed by atoms with Crippen molar-refractivity contribution in [3.63, 3.8) is 0 Å². The number of fused-ring (bicyclic) bond motifs is 20. The fourth-order valence-corrected chi connectivity index (χ4v) is 12.4. The molecule has 0 radical (unpaired) electrons. The van der Waals surface area contributed by atoms with Crippen LogP contribution in [0.5, 0.6) is 0 Å². The second-order valence-electron chi connectivity index (χ2n) is 19.4. The van der Waals surface area contributed by atoms with Gasteiger partial charge in [0, 0.05) is 0 Å². The molecule has 0 aliphatic heterocycles. The Labute approximate surface area is 416 Å². The molecule has 0 aliphatic carbocycles. The molecule has 0 N–H and O–H groups in total. The van der Waals surface area contributed by atoms with Crippen LogP contribution < -0.4 is 0 Å². The summed E-state index contributed by atoms with van der Waals surface area (Å²) in [7, 11) is 0. The normalized spacial score (nSPS) is 11.9. The first-order valence-electron chi connectivity index (χ1n) is 25.1. The Morgan fingerprint density at radius 1 is 0.139 bits per heavy atom. The lowest BCUT2D eigenvalue weighted by Gasteiger charge is -2.20. The third kappa shape index (κ3) is 6.19. The van der Waals surface area contributed by atoms with E-state index in [9.17, 15) is 0 Å². The molecule has 0 unspecified atom stereocenters. The molecule has 0 nitrogen and oxygen atoms in total. The lowest BCUT2D eigenvalue weighted by atomic mass is 9.83. The molecule has 0 heterocycles. The van der Waals surface area contributed by atoms with Gasteiger partial charge in [-0.05, 0) is 188 Å². The molecular formula is C72H44. The number of hydrogen-bond acceptors (Lipinski definition) is 0. The third-order valence-corrected chi connectivity index (χ3v) is 15.5. The van der Waals surface area contributed by atoms with Crippen LogP contribution in [0.3, 0.4) is 0 Å². The van der Waals surface area contributed by atoms with Crippen molar-refractivity contribution < 1.29 is 0 Å². The van der Waals surface area contributed by atoms with E-state index < -0.39 is 0 Å². The monoisotopic (exact) mass is 908 g/mol. The highest BCUT2D eigenvalue weighted by Gasteiger charge is 2.20. The topological polar surface area (TPSA) is 0 Å². The number of rotatable bonds is 2. The summed E-state index contributed by atoms with van der Waals surface area (Å²) in [5.41, 5.74) is 5.08. The average Bonchev–Trinajstić information content (AvgIpc) is 3.45. The lowest BCUT2D eigenvalue weighted by Crippen LogP contribution is -1.92. The Morgan fingerprint density at radius 3 is 0.917 bits per heavy atom. The molecule has 0 aliphatic rings. The predicted octanol–water partition coefficient (Wildman–Crippen LogP) is 20.5. The molecule has 72 heavy (non-hydrogen) atoms. The van der Waals surface area contributed by atoms with E-state index in [1.807, 2.05) is 0 Å². The molecule has 332 valence electrons. The highest BCUT2D eigenvalue weighted by Crippen LogP contribution is 2.48. The Morgan fingerprint density at radius 2 is 0.458 bits per heavy atom. The van der Waals surface area contributed by atoms with Crippen LogP contribution in [0, 0.1) is 0 Å². The Hall–Kier alpha value is -9.36.